The van der Waals surface area contributed by atoms with Crippen LogP contribution in [0.15, 0.2) is 28.8 Å². The Morgan fingerprint density at radius 1 is 1.40 bits per heavy atom. The zero-order valence-corrected chi connectivity index (χ0v) is 12.0. The van der Waals surface area contributed by atoms with Crippen molar-refractivity contribution in [2.75, 3.05) is 32.2 Å². The molecule has 0 bridgehead atoms. The predicted octanol–water partition coefficient (Wildman–Crippen LogP) is 1.84. The van der Waals surface area contributed by atoms with Crippen LogP contribution in [-0.2, 0) is 4.74 Å². The first-order valence-electron chi connectivity index (χ1n) is 6.56. The summed E-state index contributed by atoms with van der Waals surface area (Å²) in [6, 6.07) is 7.52. The number of anilines is 1. The third kappa shape index (κ3) is 3.34. The topological polar surface area (TPSA) is 77.4 Å². The number of benzene rings is 1. The first-order chi connectivity index (χ1) is 9.61. The molecule has 1 atom stereocenters. The van der Waals surface area contributed by atoms with Crippen molar-refractivity contribution in [2.24, 2.45) is 5.73 Å². The maximum absolute atomic E-state index is 5.93. The Bertz CT molecular complexity index is 554. The van der Waals surface area contributed by atoms with E-state index in [1.807, 2.05) is 50.2 Å². The van der Waals surface area contributed by atoms with Crippen LogP contribution in [0.2, 0.25) is 0 Å². The molecule has 108 valence electrons. The van der Waals surface area contributed by atoms with E-state index < -0.39 is 0 Å². The lowest BCUT2D eigenvalue weighted by atomic mass is 10.2. The fourth-order valence-electron chi connectivity index (χ4n) is 1.74. The van der Waals surface area contributed by atoms with E-state index in [1.54, 1.807) is 0 Å². The van der Waals surface area contributed by atoms with Crippen LogP contribution in [0.4, 0.5) is 5.69 Å². The summed E-state index contributed by atoms with van der Waals surface area (Å²) in [5.74, 6) is 0.930. The van der Waals surface area contributed by atoms with Crippen LogP contribution in [0.1, 0.15) is 18.8 Å². The van der Waals surface area contributed by atoms with Crippen molar-refractivity contribution in [2.45, 2.75) is 13.0 Å². The van der Waals surface area contributed by atoms with Gasteiger partial charge >= 0.3 is 0 Å². The van der Waals surface area contributed by atoms with E-state index >= 15 is 0 Å². The Balaban J connectivity index is 2.18. The monoisotopic (exact) mass is 276 g/mol. The SMILES string of the molecule is CCOCC(N)c1noc(-c2cccc(N(C)C)c2)n1. The summed E-state index contributed by atoms with van der Waals surface area (Å²) in [7, 11) is 3.96. The standard InChI is InChI=1S/C14H20N4O2/c1-4-19-9-12(15)13-16-14(20-17-13)10-6-5-7-11(8-10)18(2)3/h5-8,12H,4,9,15H2,1-3H3. The fourth-order valence-corrected chi connectivity index (χ4v) is 1.74. The van der Waals surface area contributed by atoms with Gasteiger partial charge in [0.15, 0.2) is 5.82 Å². The van der Waals surface area contributed by atoms with E-state index in [-0.39, 0.29) is 6.04 Å². The van der Waals surface area contributed by atoms with Gasteiger partial charge in [0, 0.05) is 32.0 Å². The summed E-state index contributed by atoms with van der Waals surface area (Å²) in [5.41, 5.74) is 7.88. The van der Waals surface area contributed by atoms with Crippen molar-refractivity contribution in [3.8, 4) is 11.5 Å². The van der Waals surface area contributed by atoms with Gasteiger partial charge < -0.3 is 19.9 Å². The molecule has 0 radical (unpaired) electrons. The lowest BCUT2D eigenvalue weighted by Gasteiger charge is -2.12. The predicted molar refractivity (Wildman–Crippen MR) is 77.5 cm³/mol. The number of aromatic nitrogens is 2. The average molecular weight is 276 g/mol. The second kappa shape index (κ2) is 6.49. The number of ether oxygens (including phenoxy) is 1. The van der Waals surface area contributed by atoms with Gasteiger partial charge in [0.25, 0.3) is 5.89 Å². The van der Waals surface area contributed by atoms with Crippen LogP contribution in [0.3, 0.4) is 0 Å². The largest absolute Gasteiger partial charge is 0.380 e. The Morgan fingerprint density at radius 3 is 2.90 bits per heavy atom. The summed E-state index contributed by atoms with van der Waals surface area (Å²) in [4.78, 5) is 6.35. The molecule has 1 unspecified atom stereocenters. The first kappa shape index (κ1) is 14.5. The third-order valence-electron chi connectivity index (χ3n) is 2.88. The second-order valence-corrected chi connectivity index (χ2v) is 4.67. The van der Waals surface area contributed by atoms with E-state index in [9.17, 15) is 0 Å². The molecule has 0 amide bonds. The highest BCUT2D eigenvalue weighted by Crippen LogP contribution is 2.23. The zero-order chi connectivity index (χ0) is 14.5. The Labute approximate surface area is 118 Å². The molecule has 0 aliphatic carbocycles. The van der Waals surface area contributed by atoms with Crippen LogP contribution >= 0.6 is 0 Å². The molecule has 1 aromatic heterocycles. The van der Waals surface area contributed by atoms with E-state index in [0.29, 0.717) is 24.9 Å². The second-order valence-electron chi connectivity index (χ2n) is 4.67. The Kier molecular flexibility index (Phi) is 4.70. The normalized spacial score (nSPS) is 12.4. The molecule has 0 aliphatic rings. The summed E-state index contributed by atoms with van der Waals surface area (Å²) in [6.07, 6.45) is 0. The van der Waals surface area contributed by atoms with Gasteiger partial charge in [-0.3, -0.25) is 0 Å². The van der Waals surface area contributed by atoms with Gasteiger partial charge in [0.05, 0.1) is 12.6 Å². The third-order valence-corrected chi connectivity index (χ3v) is 2.88. The summed E-state index contributed by atoms with van der Waals surface area (Å²) in [6.45, 7) is 2.91. The molecule has 6 nitrogen and oxygen atoms in total. The smallest absolute Gasteiger partial charge is 0.258 e. The van der Waals surface area contributed by atoms with Crippen LogP contribution in [0, 0.1) is 0 Å². The maximum Gasteiger partial charge on any atom is 0.258 e. The number of nitrogens with zero attached hydrogens (tertiary/aromatic N) is 3. The first-order valence-corrected chi connectivity index (χ1v) is 6.56. The lowest BCUT2D eigenvalue weighted by molar-refractivity contribution is 0.130. The van der Waals surface area contributed by atoms with Crippen molar-refractivity contribution in [1.29, 1.82) is 0 Å². The minimum atomic E-state index is -0.371. The number of nitrogens with two attached hydrogens (primary N) is 1. The van der Waals surface area contributed by atoms with Crippen molar-refractivity contribution >= 4 is 5.69 Å². The van der Waals surface area contributed by atoms with Crippen LogP contribution in [0.25, 0.3) is 11.5 Å². The molecule has 6 heteroatoms. The molecule has 20 heavy (non-hydrogen) atoms. The molecular formula is C14H20N4O2. The van der Waals surface area contributed by atoms with Crippen LogP contribution < -0.4 is 10.6 Å². The van der Waals surface area contributed by atoms with Gasteiger partial charge in [-0.1, -0.05) is 11.2 Å². The van der Waals surface area contributed by atoms with E-state index in [0.717, 1.165) is 11.3 Å². The fraction of sp³-hybridized carbons (Fsp3) is 0.429. The quantitative estimate of drug-likeness (QED) is 0.867. The van der Waals surface area contributed by atoms with E-state index in [4.69, 9.17) is 15.0 Å². The van der Waals surface area contributed by atoms with Gasteiger partial charge in [-0.25, -0.2) is 0 Å². The molecule has 0 spiro atoms. The number of rotatable bonds is 6. The highest BCUT2D eigenvalue weighted by molar-refractivity contribution is 5.61. The van der Waals surface area contributed by atoms with Gasteiger partial charge in [0.1, 0.15) is 0 Å². The van der Waals surface area contributed by atoms with Gasteiger partial charge in [0.2, 0.25) is 0 Å². The number of hydrogen-bond donors (Lipinski definition) is 1. The van der Waals surface area contributed by atoms with E-state index in [2.05, 4.69) is 10.1 Å². The summed E-state index contributed by atoms with van der Waals surface area (Å²) >= 11 is 0. The Morgan fingerprint density at radius 2 is 2.20 bits per heavy atom. The van der Waals surface area contributed by atoms with Crippen molar-refractivity contribution in [3.05, 3.63) is 30.1 Å². The van der Waals surface area contributed by atoms with Crippen LogP contribution in [-0.4, -0.2) is 37.4 Å². The molecule has 0 aliphatic heterocycles. The van der Waals surface area contributed by atoms with E-state index in [1.165, 1.54) is 0 Å². The number of hydrogen-bond acceptors (Lipinski definition) is 6. The van der Waals surface area contributed by atoms with Gasteiger partial charge in [-0.15, -0.1) is 0 Å². The summed E-state index contributed by atoms with van der Waals surface area (Å²) < 4.78 is 10.5. The van der Waals surface area contributed by atoms with Crippen LogP contribution in [0.5, 0.6) is 0 Å². The summed E-state index contributed by atoms with van der Waals surface area (Å²) in [5, 5.41) is 3.92. The molecule has 0 saturated carbocycles. The molecule has 2 aromatic rings. The maximum atomic E-state index is 5.93. The minimum absolute atomic E-state index is 0.371. The molecule has 1 aromatic carbocycles. The highest BCUT2D eigenvalue weighted by Gasteiger charge is 2.15. The van der Waals surface area contributed by atoms with Gasteiger partial charge in [-0.05, 0) is 25.1 Å². The lowest BCUT2D eigenvalue weighted by Crippen LogP contribution is -2.18. The molecule has 2 rings (SSSR count). The van der Waals surface area contributed by atoms with Gasteiger partial charge in [-0.2, -0.15) is 4.98 Å². The van der Waals surface area contributed by atoms with Crippen molar-refractivity contribution in [1.82, 2.24) is 10.1 Å². The Hall–Kier alpha value is -1.92. The zero-order valence-electron chi connectivity index (χ0n) is 12.0. The average Bonchev–Trinajstić information content (AvgIpc) is 2.94. The highest BCUT2D eigenvalue weighted by atomic mass is 16.5. The molecule has 2 N–H and O–H groups in total. The molecule has 0 saturated heterocycles. The molecular weight excluding hydrogens is 256 g/mol. The molecule has 1 heterocycles. The van der Waals surface area contributed by atoms with Crippen molar-refractivity contribution < 1.29 is 9.26 Å². The minimum Gasteiger partial charge on any atom is -0.380 e. The molecule has 0 fully saturated rings. The van der Waals surface area contributed by atoms with Crippen molar-refractivity contribution in [3.63, 3.8) is 0 Å².